The van der Waals surface area contributed by atoms with Crippen LogP contribution in [0.3, 0.4) is 0 Å². The number of thioether (sulfide) groups is 1. The van der Waals surface area contributed by atoms with Crippen LogP contribution in [0, 0.1) is 11.8 Å². The summed E-state index contributed by atoms with van der Waals surface area (Å²) in [5.74, 6) is 7.61. The largest absolute Gasteiger partial charge is 0.395 e. The second-order valence-electron chi connectivity index (χ2n) is 5.05. The van der Waals surface area contributed by atoms with Gasteiger partial charge in [0.2, 0.25) is 0 Å². The van der Waals surface area contributed by atoms with Crippen LogP contribution < -0.4 is 0 Å². The molecule has 1 nitrogen and oxygen atoms in total. The Kier molecular flexibility index (Phi) is 6.38. The van der Waals surface area contributed by atoms with E-state index in [1.54, 1.807) is 11.3 Å². The Morgan fingerprint density at radius 1 is 1.14 bits per heavy atom. The molecule has 2 aromatic rings. The molecule has 3 heteroatoms. The first-order valence-corrected chi connectivity index (χ1v) is 8.90. The standard InChI is InChI=1S/C18H20OS2/c1-14(2)15-6-8-16(9-7-15)20-13-18-11-10-17(21-18)5-3-4-12-19/h6-11,14,19H,4,12-13H2,1-2H3. The van der Waals surface area contributed by atoms with Crippen molar-refractivity contribution in [3.8, 4) is 11.8 Å². The first kappa shape index (κ1) is 16.2. The molecule has 0 fully saturated rings. The monoisotopic (exact) mass is 316 g/mol. The molecule has 0 aliphatic heterocycles. The van der Waals surface area contributed by atoms with Crippen LogP contribution in [0.4, 0.5) is 0 Å². The molecule has 1 aromatic heterocycles. The third-order valence-corrected chi connectivity index (χ3v) is 5.28. The fourth-order valence-corrected chi connectivity index (χ4v) is 3.66. The van der Waals surface area contributed by atoms with Crippen LogP contribution in [0.2, 0.25) is 0 Å². The van der Waals surface area contributed by atoms with Gasteiger partial charge in [-0.2, -0.15) is 0 Å². The second kappa shape index (κ2) is 8.29. The van der Waals surface area contributed by atoms with Crippen LogP contribution in [0.5, 0.6) is 0 Å². The van der Waals surface area contributed by atoms with Crippen molar-refractivity contribution in [2.24, 2.45) is 0 Å². The van der Waals surface area contributed by atoms with Gasteiger partial charge in [-0.1, -0.05) is 37.8 Å². The van der Waals surface area contributed by atoms with E-state index in [0.717, 1.165) is 10.6 Å². The van der Waals surface area contributed by atoms with Crippen LogP contribution in [-0.2, 0) is 5.75 Å². The lowest BCUT2D eigenvalue weighted by Crippen LogP contribution is -1.85. The molecule has 0 atom stereocenters. The molecule has 0 aliphatic rings. The van der Waals surface area contributed by atoms with Crippen LogP contribution >= 0.6 is 23.1 Å². The third-order valence-electron chi connectivity index (χ3n) is 3.04. The van der Waals surface area contributed by atoms with Gasteiger partial charge in [0.25, 0.3) is 0 Å². The Balaban J connectivity index is 1.90. The van der Waals surface area contributed by atoms with E-state index < -0.39 is 0 Å². The maximum absolute atomic E-state index is 8.71. The van der Waals surface area contributed by atoms with Crippen molar-refractivity contribution >= 4 is 23.1 Å². The SMILES string of the molecule is CC(C)c1ccc(SCc2ccc(C#CCCO)s2)cc1. The zero-order valence-electron chi connectivity index (χ0n) is 12.4. The highest BCUT2D eigenvalue weighted by atomic mass is 32.2. The normalized spacial score (nSPS) is 10.5. The summed E-state index contributed by atoms with van der Waals surface area (Å²) >= 11 is 3.59. The molecular formula is C18H20OS2. The van der Waals surface area contributed by atoms with Gasteiger partial charge >= 0.3 is 0 Å². The van der Waals surface area contributed by atoms with E-state index >= 15 is 0 Å². The maximum atomic E-state index is 8.71. The summed E-state index contributed by atoms with van der Waals surface area (Å²) in [4.78, 5) is 3.72. The molecule has 1 heterocycles. The first-order valence-electron chi connectivity index (χ1n) is 7.10. The highest BCUT2D eigenvalue weighted by Crippen LogP contribution is 2.27. The molecule has 0 saturated heterocycles. The van der Waals surface area contributed by atoms with Gasteiger partial charge in [-0.25, -0.2) is 0 Å². The fourth-order valence-electron chi connectivity index (χ4n) is 1.83. The van der Waals surface area contributed by atoms with Gasteiger partial charge in [0.1, 0.15) is 0 Å². The van der Waals surface area contributed by atoms with Gasteiger partial charge in [0, 0.05) is 21.9 Å². The topological polar surface area (TPSA) is 20.2 Å². The first-order chi connectivity index (χ1) is 10.2. The highest BCUT2D eigenvalue weighted by Gasteiger charge is 2.02. The molecule has 2 rings (SSSR count). The number of hydrogen-bond donors (Lipinski definition) is 1. The molecule has 21 heavy (non-hydrogen) atoms. The van der Waals surface area contributed by atoms with E-state index in [-0.39, 0.29) is 6.61 Å². The molecule has 0 unspecified atom stereocenters. The Labute approximate surface area is 135 Å². The Morgan fingerprint density at radius 2 is 1.90 bits per heavy atom. The Bertz CT molecular complexity index is 615. The smallest absolute Gasteiger partial charge is 0.0771 e. The van der Waals surface area contributed by atoms with E-state index in [9.17, 15) is 0 Å². The van der Waals surface area contributed by atoms with E-state index in [0.29, 0.717) is 12.3 Å². The van der Waals surface area contributed by atoms with Gasteiger partial charge in [-0.3, -0.25) is 0 Å². The molecule has 1 aromatic carbocycles. The van der Waals surface area contributed by atoms with Gasteiger partial charge in [-0.15, -0.1) is 23.1 Å². The zero-order valence-corrected chi connectivity index (χ0v) is 14.1. The van der Waals surface area contributed by atoms with Crippen molar-refractivity contribution in [2.45, 2.75) is 36.8 Å². The number of thiophene rings is 1. The summed E-state index contributed by atoms with van der Waals surface area (Å²) in [5.41, 5.74) is 1.39. The van der Waals surface area contributed by atoms with Crippen molar-refractivity contribution in [1.29, 1.82) is 0 Å². The molecule has 0 amide bonds. The van der Waals surface area contributed by atoms with Gasteiger partial charge in [0.05, 0.1) is 11.5 Å². The number of aliphatic hydroxyl groups excluding tert-OH is 1. The van der Waals surface area contributed by atoms with E-state index in [4.69, 9.17) is 5.11 Å². The maximum Gasteiger partial charge on any atom is 0.0771 e. The van der Waals surface area contributed by atoms with E-state index in [1.165, 1.54) is 15.3 Å². The minimum atomic E-state index is 0.132. The molecule has 0 aliphatic carbocycles. The molecule has 0 radical (unpaired) electrons. The predicted molar refractivity (Wildman–Crippen MR) is 93.0 cm³/mol. The molecule has 0 saturated carbocycles. The average Bonchev–Trinajstić information content (AvgIpc) is 2.94. The summed E-state index contributed by atoms with van der Waals surface area (Å²) < 4.78 is 0. The Morgan fingerprint density at radius 3 is 2.57 bits per heavy atom. The van der Waals surface area contributed by atoms with E-state index in [1.807, 2.05) is 11.8 Å². The average molecular weight is 316 g/mol. The summed E-state index contributed by atoms with van der Waals surface area (Å²) in [6, 6.07) is 13.0. The summed E-state index contributed by atoms with van der Waals surface area (Å²) in [6.07, 6.45) is 0.546. The summed E-state index contributed by atoms with van der Waals surface area (Å²) in [6.45, 7) is 4.56. The lowest BCUT2D eigenvalue weighted by Gasteiger charge is -2.06. The van der Waals surface area contributed by atoms with E-state index in [2.05, 4.69) is 62.1 Å². The van der Waals surface area contributed by atoms with Crippen molar-refractivity contribution in [2.75, 3.05) is 6.61 Å². The lowest BCUT2D eigenvalue weighted by atomic mass is 10.0. The number of benzene rings is 1. The summed E-state index contributed by atoms with van der Waals surface area (Å²) in [5, 5.41) is 8.71. The molecular weight excluding hydrogens is 296 g/mol. The minimum absolute atomic E-state index is 0.132. The van der Waals surface area contributed by atoms with Gasteiger partial charge in [0.15, 0.2) is 0 Å². The van der Waals surface area contributed by atoms with Gasteiger partial charge < -0.3 is 5.11 Å². The van der Waals surface area contributed by atoms with Crippen molar-refractivity contribution in [1.82, 2.24) is 0 Å². The molecule has 110 valence electrons. The molecule has 0 spiro atoms. The predicted octanol–water partition coefficient (Wildman–Crippen LogP) is 4.90. The number of rotatable bonds is 5. The second-order valence-corrected chi connectivity index (χ2v) is 7.27. The fraction of sp³-hybridized carbons (Fsp3) is 0.333. The summed E-state index contributed by atoms with van der Waals surface area (Å²) in [7, 11) is 0. The van der Waals surface area contributed by atoms with Crippen LogP contribution in [0.15, 0.2) is 41.3 Å². The van der Waals surface area contributed by atoms with Crippen molar-refractivity contribution < 1.29 is 5.11 Å². The Hall–Kier alpha value is -1.21. The van der Waals surface area contributed by atoms with Crippen LogP contribution in [0.1, 0.15) is 41.5 Å². The van der Waals surface area contributed by atoms with Crippen molar-refractivity contribution in [3.63, 3.8) is 0 Å². The molecule has 1 N–H and O–H groups in total. The number of hydrogen-bond acceptors (Lipinski definition) is 3. The van der Waals surface area contributed by atoms with Gasteiger partial charge in [-0.05, 0) is 35.7 Å². The molecule has 0 bridgehead atoms. The third kappa shape index (κ3) is 5.24. The minimum Gasteiger partial charge on any atom is -0.395 e. The lowest BCUT2D eigenvalue weighted by molar-refractivity contribution is 0.305. The highest BCUT2D eigenvalue weighted by molar-refractivity contribution is 7.98. The quantitative estimate of drug-likeness (QED) is 0.625. The van der Waals surface area contributed by atoms with Crippen LogP contribution in [-0.4, -0.2) is 11.7 Å². The zero-order chi connectivity index (χ0) is 15.1. The van der Waals surface area contributed by atoms with Crippen molar-refractivity contribution in [3.05, 3.63) is 51.7 Å². The van der Waals surface area contributed by atoms with Crippen LogP contribution in [0.25, 0.3) is 0 Å². The number of aliphatic hydroxyl groups is 1.